The first-order valence-corrected chi connectivity index (χ1v) is 6.13. The van der Waals surface area contributed by atoms with Gasteiger partial charge in [0.1, 0.15) is 11.0 Å². The van der Waals surface area contributed by atoms with Crippen molar-refractivity contribution in [1.82, 2.24) is 0 Å². The molecule has 0 aliphatic rings. The second-order valence-corrected chi connectivity index (χ2v) is 4.62. The molecule has 0 amide bonds. The van der Waals surface area contributed by atoms with Gasteiger partial charge < -0.3 is 29.9 Å². The maximum absolute atomic E-state index is 12.2. The predicted octanol–water partition coefficient (Wildman–Crippen LogP) is 1.99. The van der Waals surface area contributed by atoms with E-state index < -0.39 is 28.4 Å². The largest absolute Gasteiger partial charge is 0.504 e. The third-order valence-corrected chi connectivity index (χ3v) is 3.23. The van der Waals surface area contributed by atoms with E-state index in [2.05, 4.69) is 0 Å². The Morgan fingerprint density at radius 3 is 2.14 bits per heavy atom. The van der Waals surface area contributed by atoms with Crippen molar-refractivity contribution in [2.75, 3.05) is 0 Å². The average molecular weight is 302 g/mol. The molecule has 2 aromatic carbocycles. The van der Waals surface area contributed by atoms with Gasteiger partial charge in [-0.05, 0) is 30.3 Å². The molecule has 112 valence electrons. The Balaban J connectivity index is 2.37. The Bertz CT molecular complexity index is 956. The molecule has 0 saturated carbocycles. The van der Waals surface area contributed by atoms with E-state index in [1.807, 2.05) is 0 Å². The molecule has 5 N–H and O–H groups in total. The summed E-state index contributed by atoms with van der Waals surface area (Å²) in [5, 5.41) is 47.5. The second kappa shape index (κ2) is 4.59. The van der Waals surface area contributed by atoms with Gasteiger partial charge in [0.2, 0.25) is 11.2 Å². The molecule has 0 bridgehead atoms. The minimum Gasteiger partial charge on any atom is -0.504 e. The Labute approximate surface area is 122 Å². The van der Waals surface area contributed by atoms with Crippen molar-refractivity contribution in [2.24, 2.45) is 0 Å². The Morgan fingerprint density at radius 2 is 1.45 bits per heavy atom. The number of aromatic hydroxyl groups is 5. The summed E-state index contributed by atoms with van der Waals surface area (Å²) >= 11 is 0. The molecule has 0 spiro atoms. The van der Waals surface area contributed by atoms with Gasteiger partial charge in [-0.3, -0.25) is 4.79 Å². The molecule has 0 unspecified atom stereocenters. The van der Waals surface area contributed by atoms with E-state index >= 15 is 0 Å². The number of benzene rings is 2. The summed E-state index contributed by atoms with van der Waals surface area (Å²) in [6.45, 7) is 0. The highest BCUT2D eigenvalue weighted by Crippen LogP contribution is 2.38. The first kappa shape index (κ1) is 13.6. The quantitative estimate of drug-likeness (QED) is 0.434. The van der Waals surface area contributed by atoms with Crippen molar-refractivity contribution in [3.05, 3.63) is 40.6 Å². The number of phenols is 4. The standard InChI is InChI=1S/C15H10O7/c16-7-2-1-6(5-9(7)18)15-14(21)13(20)11-10(22-15)4-3-8(17)12(11)19/h1-5,16-19,21H. The van der Waals surface area contributed by atoms with Crippen LogP contribution < -0.4 is 5.43 Å². The lowest BCUT2D eigenvalue weighted by Gasteiger charge is -2.08. The summed E-state index contributed by atoms with van der Waals surface area (Å²) in [7, 11) is 0. The molecule has 22 heavy (non-hydrogen) atoms. The zero-order valence-corrected chi connectivity index (χ0v) is 10.9. The van der Waals surface area contributed by atoms with E-state index in [1.165, 1.54) is 18.2 Å². The zero-order valence-electron chi connectivity index (χ0n) is 10.9. The smallest absolute Gasteiger partial charge is 0.238 e. The number of phenolic OH excluding ortho intramolecular Hbond substituents is 4. The van der Waals surface area contributed by atoms with Crippen LogP contribution >= 0.6 is 0 Å². The van der Waals surface area contributed by atoms with Gasteiger partial charge in [0, 0.05) is 5.56 Å². The molecule has 0 aliphatic carbocycles. The van der Waals surface area contributed by atoms with Crippen molar-refractivity contribution in [3.8, 4) is 40.1 Å². The van der Waals surface area contributed by atoms with E-state index in [9.17, 15) is 30.3 Å². The molecule has 0 fully saturated rings. The topological polar surface area (TPSA) is 131 Å². The summed E-state index contributed by atoms with van der Waals surface area (Å²) < 4.78 is 5.38. The third-order valence-electron chi connectivity index (χ3n) is 3.23. The Hall–Kier alpha value is -3.35. The van der Waals surface area contributed by atoms with Crippen LogP contribution in [-0.2, 0) is 0 Å². The molecule has 0 saturated heterocycles. The molecule has 3 rings (SSSR count). The van der Waals surface area contributed by atoms with Crippen molar-refractivity contribution >= 4 is 11.0 Å². The van der Waals surface area contributed by atoms with Crippen LogP contribution in [0.1, 0.15) is 0 Å². The van der Waals surface area contributed by atoms with Crippen LogP contribution in [0.5, 0.6) is 28.7 Å². The predicted molar refractivity (Wildman–Crippen MR) is 76.2 cm³/mol. The highest BCUT2D eigenvalue weighted by molar-refractivity contribution is 5.89. The van der Waals surface area contributed by atoms with Crippen LogP contribution in [0, 0.1) is 0 Å². The lowest BCUT2D eigenvalue weighted by molar-refractivity contribution is 0.403. The summed E-state index contributed by atoms with van der Waals surface area (Å²) in [6.07, 6.45) is 0. The number of hydrogen-bond acceptors (Lipinski definition) is 7. The van der Waals surface area contributed by atoms with Crippen LogP contribution in [-0.4, -0.2) is 25.5 Å². The van der Waals surface area contributed by atoms with E-state index in [0.29, 0.717) is 0 Å². The van der Waals surface area contributed by atoms with Gasteiger partial charge in [-0.25, -0.2) is 0 Å². The first-order valence-electron chi connectivity index (χ1n) is 6.13. The highest BCUT2D eigenvalue weighted by atomic mass is 16.4. The van der Waals surface area contributed by atoms with Gasteiger partial charge in [-0.1, -0.05) is 0 Å². The number of fused-ring (bicyclic) bond motifs is 1. The summed E-state index contributed by atoms with van der Waals surface area (Å²) in [5.74, 6) is -3.06. The summed E-state index contributed by atoms with van der Waals surface area (Å²) in [6, 6.07) is 6.01. The molecular formula is C15H10O7. The second-order valence-electron chi connectivity index (χ2n) is 4.62. The first-order chi connectivity index (χ1) is 10.4. The molecule has 0 radical (unpaired) electrons. The fraction of sp³-hybridized carbons (Fsp3) is 0. The fourth-order valence-corrected chi connectivity index (χ4v) is 2.11. The molecule has 7 heteroatoms. The normalized spacial score (nSPS) is 10.9. The van der Waals surface area contributed by atoms with E-state index in [0.717, 1.165) is 12.1 Å². The Kier molecular flexibility index (Phi) is 2.84. The SMILES string of the molecule is O=c1c(O)c(-c2ccc(O)c(O)c2)oc2ccc(O)c(O)c12. The third kappa shape index (κ3) is 1.87. The molecule has 3 aromatic rings. The summed E-state index contributed by atoms with van der Waals surface area (Å²) in [5.41, 5.74) is -0.836. The Morgan fingerprint density at radius 1 is 0.773 bits per heavy atom. The van der Waals surface area contributed by atoms with Crippen LogP contribution in [0.4, 0.5) is 0 Å². The van der Waals surface area contributed by atoms with E-state index in [1.54, 1.807) is 0 Å². The zero-order chi connectivity index (χ0) is 16.0. The van der Waals surface area contributed by atoms with Gasteiger partial charge in [0.05, 0.1) is 0 Å². The van der Waals surface area contributed by atoms with Gasteiger partial charge in [-0.2, -0.15) is 0 Å². The van der Waals surface area contributed by atoms with Gasteiger partial charge in [-0.15, -0.1) is 0 Å². The molecular weight excluding hydrogens is 292 g/mol. The van der Waals surface area contributed by atoms with Gasteiger partial charge in [0.25, 0.3) is 0 Å². The lowest BCUT2D eigenvalue weighted by atomic mass is 10.1. The van der Waals surface area contributed by atoms with Crippen molar-refractivity contribution in [1.29, 1.82) is 0 Å². The fourth-order valence-electron chi connectivity index (χ4n) is 2.11. The van der Waals surface area contributed by atoms with Crippen LogP contribution in [0.15, 0.2) is 39.5 Å². The molecule has 1 heterocycles. The van der Waals surface area contributed by atoms with Gasteiger partial charge in [0.15, 0.2) is 28.8 Å². The lowest BCUT2D eigenvalue weighted by Crippen LogP contribution is -2.03. The number of hydrogen-bond donors (Lipinski definition) is 5. The van der Waals surface area contributed by atoms with Crippen LogP contribution in [0.3, 0.4) is 0 Å². The molecule has 0 aliphatic heterocycles. The maximum Gasteiger partial charge on any atom is 0.238 e. The minimum absolute atomic E-state index is 0.0549. The highest BCUT2D eigenvalue weighted by Gasteiger charge is 2.20. The molecule has 7 nitrogen and oxygen atoms in total. The van der Waals surface area contributed by atoms with Crippen molar-refractivity contribution in [3.63, 3.8) is 0 Å². The number of rotatable bonds is 1. The van der Waals surface area contributed by atoms with E-state index in [-0.39, 0.29) is 28.0 Å². The molecule has 0 atom stereocenters. The van der Waals surface area contributed by atoms with E-state index in [4.69, 9.17) is 4.42 Å². The van der Waals surface area contributed by atoms with Crippen molar-refractivity contribution in [2.45, 2.75) is 0 Å². The summed E-state index contributed by atoms with van der Waals surface area (Å²) in [4.78, 5) is 12.2. The van der Waals surface area contributed by atoms with Crippen molar-refractivity contribution < 1.29 is 29.9 Å². The minimum atomic E-state index is -0.933. The maximum atomic E-state index is 12.2. The average Bonchev–Trinajstić information content (AvgIpc) is 2.49. The van der Waals surface area contributed by atoms with Crippen LogP contribution in [0.2, 0.25) is 0 Å². The molecule has 1 aromatic heterocycles. The van der Waals surface area contributed by atoms with Gasteiger partial charge >= 0.3 is 0 Å². The van der Waals surface area contributed by atoms with Crippen LogP contribution in [0.25, 0.3) is 22.3 Å². The monoisotopic (exact) mass is 302 g/mol.